The quantitative estimate of drug-likeness (QED) is 0.513. The van der Waals surface area contributed by atoms with Gasteiger partial charge < -0.3 is 15.5 Å². The first-order valence-corrected chi connectivity index (χ1v) is 10.0. The Kier molecular flexibility index (Phi) is 6.29. The zero-order valence-electron chi connectivity index (χ0n) is 15.4. The van der Waals surface area contributed by atoms with Crippen molar-refractivity contribution in [2.45, 2.75) is 46.1 Å². The first kappa shape index (κ1) is 18.9. The Morgan fingerprint density at radius 1 is 1.27 bits per heavy atom. The lowest BCUT2D eigenvalue weighted by molar-refractivity contribution is -0.137. The third-order valence-corrected chi connectivity index (χ3v) is 6.14. The average molecular weight is 375 g/mol. The van der Waals surface area contributed by atoms with Crippen LogP contribution in [0.4, 0.5) is 0 Å². The van der Waals surface area contributed by atoms with E-state index in [1.165, 1.54) is 16.0 Å². The molecule has 0 atom stereocenters. The third-order valence-electron chi connectivity index (χ3n) is 4.90. The Balaban J connectivity index is 1.65. The standard InChI is InChI=1S/C20H26N2O3S/c1-3-13-9-16(25-24)10-14(4-2)17(13)5-8-22-20(23)19-11-15-12-21-7-6-18(15)26-19/h9-11,21,24H,3-8,12H2,1-2H3,(H,22,23). The van der Waals surface area contributed by atoms with E-state index in [4.69, 9.17) is 5.26 Å². The molecule has 0 fully saturated rings. The van der Waals surface area contributed by atoms with Crippen LogP contribution in [0.1, 0.15) is 50.7 Å². The number of carbonyl (C=O) groups is 1. The molecule has 3 rings (SSSR count). The maximum atomic E-state index is 12.5. The van der Waals surface area contributed by atoms with Crippen LogP contribution < -0.4 is 15.5 Å². The molecule has 0 saturated carbocycles. The highest BCUT2D eigenvalue weighted by atomic mass is 32.1. The molecule has 0 spiro atoms. The van der Waals surface area contributed by atoms with Gasteiger partial charge in [0.25, 0.3) is 5.91 Å². The lowest BCUT2D eigenvalue weighted by Gasteiger charge is -2.15. The van der Waals surface area contributed by atoms with Crippen molar-refractivity contribution in [1.82, 2.24) is 10.6 Å². The number of thiophene rings is 1. The summed E-state index contributed by atoms with van der Waals surface area (Å²) in [6, 6.07) is 5.76. The molecule has 1 amide bonds. The minimum atomic E-state index is 0.0100. The van der Waals surface area contributed by atoms with Gasteiger partial charge in [0.2, 0.25) is 0 Å². The van der Waals surface area contributed by atoms with Gasteiger partial charge in [-0.25, -0.2) is 5.26 Å². The van der Waals surface area contributed by atoms with Crippen molar-refractivity contribution < 1.29 is 14.9 Å². The number of amides is 1. The van der Waals surface area contributed by atoms with Gasteiger partial charge in [-0.05, 0) is 66.1 Å². The number of aryl methyl sites for hydroxylation is 2. The summed E-state index contributed by atoms with van der Waals surface area (Å²) in [5, 5.41) is 15.4. The van der Waals surface area contributed by atoms with Crippen molar-refractivity contribution in [3.8, 4) is 5.75 Å². The Morgan fingerprint density at radius 2 is 2.00 bits per heavy atom. The molecule has 1 aliphatic heterocycles. The van der Waals surface area contributed by atoms with Crippen LogP contribution >= 0.6 is 11.3 Å². The number of benzene rings is 1. The molecule has 0 unspecified atom stereocenters. The van der Waals surface area contributed by atoms with E-state index in [0.29, 0.717) is 12.3 Å². The molecule has 1 aliphatic rings. The minimum Gasteiger partial charge on any atom is -0.351 e. The summed E-state index contributed by atoms with van der Waals surface area (Å²) in [5.41, 5.74) is 4.80. The van der Waals surface area contributed by atoms with Crippen LogP contribution in [0, 0.1) is 0 Å². The monoisotopic (exact) mass is 374 g/mol. The van der Waals surface area contributed by atoms with Crippen molar-refractivity contribution in [3.63, 3.8) is 0 Å². The first-order valence-electron chi connectivity index (χ1n) is 9.22. The molecule has 0 radical (unpaired) electrons. The summed E-state index contributed by atoms with van der Waals surface area (Å²) in [6.07, 6.45) is 3.50. The molecule has 2 aromatic rings. The Bertz CT molecular complexity index is 737. The van der Waals surface area contributed by atoms with Gasteiger partial charge in [-0.2, -0.15) is 0 Å². The van der Waals surface area contributed by atoms with E-state index >= 15 is 0 Å². The highest BCUT2D eigenvalue weighted by molar-refractivity contribution is 7.14. The molecule has 2 heterocycles. The fourth-order valence-corrected chi connectivity index (χ4v) is 4.62. The van der Waals surface area contributed by atoms with E-state index in [1.807, 2.05) is 18.2 Å². The second-order valence-electron chi connectivity index (χ2n) is 6.51. The van der Waals surface area contributed by atoms with E-state index in [9.17, 15) is 4.79 Å². The van der Waals surface area contributed by atoms with Gasteiger partial charge in [0, 0.05) is 24.5 Å². The van der Waals surface area contributed by atoms with Crippen LogP contribution in [0.3, 0.4) is 0 Å². The molecule has 6 heteroatoms. The maximum absolute atomic E-state index is 12.5. The molecule has 5 nitrogen and oxygen atoms in total. The number of fused-ring (bicyclic) bond motifs is 1. The average Bonchev–Trinajstić information content (AvgIpc) is 3.12. The summed E-state index contributed by atoms with van der Waals surface area (Å²) in [6.45, 7) is 6.61. The molecule has 1 aromatic heterocycles. The molecule has 3 N–H and O–H groups in total. The van der Waals surface area contributed by atoms with Gasteiger partial charge in [-0.1, -0.05) is 13.8 Å². The van der Waals surface area contributed by atoms with Crippen LogP contribution in [-0.2, 0) is 32.2 Å². The maximum Gasteiger partial charge on any atom is 0.261 e. The van der Waals surface area contributed by atoms with Gasteiger partial charge in [0.15, 0.2) is 5.75 Å². The lowest BCUT2D eigenvalue weighted by atomic mass is 9.94. The molecular weight excluding hydrogens is 348 g/mol. The second-order valence-corrected chi connectivity index (χ2v) is 7.65. The van der Waals surface area contributed by atoms with Crippen LogP contribution in [-0.4, -0.2) is 24.3 Å². The van der Waals surface area contributed by atoms with Crippen molar-refractivity contribution in [1.29, 1.82) is 0 Å². The van der Waals surface area contributed by atoms with E-state index in [2.05, 4.69) is 29.4 Å². The molecule has 1 aromatic carbocycles. The van der Waals surface area contributed by atoms with Crippen LogP contribution in [0.15, 0.2) is 18.2 Å². The largest absolute Gasteiger partial charge is 0.351 e. The van der Waals surface area contributed by atoms with Crippen molar-refractivity contribution in [2.75, 3.05) is 13.1 Å². The number of carbonyl (C=O) groups excluding carboxylic acids is 1. The van der Waals surface area contributed by atoms with E-state index in [-0.39, 0.29) is 5.91 Å². The molecule has 0 bridgehead atoms. The molecular formula is C20H26N2O3S. The Labute approximate surface area is 158 Å². The summed E-state index contributed by atoms with van der Waals surface area (Å²) in [5.74, 6) is 0.486. The Morgan fingerprint density at radius 3 is 2.62 bits per heavy atom. The van der Waals surface area contributed by atoms with Crippen LogP contribution in [0.25, 0.3) is 0 Å². The zero-order valence-corrected chi connectivity index (χ0v) is 16.2. The Hall–Kier alpha value is -1.89. The molecule has 140 valence electrons. The van der Waals surface area contributed by atoms with Crippen LogP contribution in [0.5, 0.6) is 5.75 Å². The highest BCUT2D eigenvalue weighted by Gasteiger charge is 2.17. The van der Waals surface area contributed by atoms with E-state index in [0.717, 1.165) is 54.8 Å². The first-order chi connectivity index (χ1) is 12.7. The van der Waals surface area contributed by atoms with E-state index in [1.54, 1.807) is 11.3 Å². The van der Waals surface area contributed by atoms with Crippen molar-refractivity contribution in [2.24, 2.45) is 0 Å². The predicted octanol–water partition coefficient (Wildman–Crippen LogP) is 3.34. The topological polar surface area (TPSA) is 70.6 Å². The molecule has 0 saturated heterocycles. The second kappa shape index (κ2) is 8.66. The number of hydrogen-bond acceptors (Lipinski definition) is 5. The highest BCUT2D eigenvalue weighted by Crippen LogP contribution is 2.26. The van der Waals surface area contributed by atoms with E-state index < -0.39 is 0 Å². The van der Waals surface area contributed by atoms with Gasteiger partial charge in [-0.15, -0.1) is 11.3 Å². The SMILES string of the molecule is CCc1cc(OO)cc(CC)c1CCNC(=O)c1cc2c(s1)CCNC2. The molecule has 26 heavy (non-hydrogen) atoms. The van der Waals surface area contributed by atoms with Crippen molar-refractivity contribution >= 4 is 17.2 Å². The summed E-state index contributed by atoms with van der Waals surface area (Å²) in [7, 11) is 0. The molecule has 0 aliphatic carbocycles. The number of nitrogens with one attached hydrogen (secondary N) is 2. The number of hydrogen-bond donors (Lipinski definition) is 3. The fourth-order valence-electron chi connectivity index (χ4n) is 3.52. The normalized spacial score (nSPS) is 13.3. The van der Waals surface area contributed by atoms with Gasteiger partial charge in [0.1, 0.15) is 0 Å². The summed E-state index contributed by atoms with van der Waals surface area (Å²) in [4.78, 5) is 19.0. The lowest BCUT2D eigenvalue weighted by Crippen LogP contribution is -2.25. The fraction of sp³-hybridized carbons (Fsp3) is 0.450. The smallest absolute Gasteiger partial charge is 0.261 e. The van der Waals surface area contributed by atoms with Crippen molar-refractivity contribution in [3.05, 3.63) is 50.2 Å². The summed E-state index contributed by atoms with van der Waals surface area (Å²) < 4.78 is 0. The van der Waals surface area contributed by atoms with Crippen LogP contribution in [0.2, 0.25) is 0 Å². The predicted molar refractivity (Wildman–Crippen MR) is 104 cm³/mol. The minimum absolute atomic E-state index is 0.0100. The zero-order chi connectivity index (χ0) is 18.5. The number of rotatable bonds is 7. The third kappa shape index (κ3) is 4.09. The van der Waals surface area contributed by atoms with Gasteiger partial charge in [-0.3, -0.25) is 4.79 Å². The van der Waals surface area contributed by atoms with Gasteiger partial charge in [0.05, 0.1) is 4.88 Å². The summed E-state index contributed by atoms with van der Waals surface area (Å²) >= 11 is 1.61. The van der Waals surface area contributed by atoms with Gasteiger partial charge >= 0.3 is 0 Å².